The fourth-order valence-corrected chi connectivity index (χ4v) is 2.81. The molecule has 2 aromatic carbocycles. The molecule has 4 nitrogen and oxygen atoms in total. The van der Waals surface area contributed by atoms with Crippen molar-refractivity contribution in [2.75, 3.05) is 4.90 Å². The highest BCUT2D eigenvalue weighted by molar-refractivity contribution is 5.82. The van der Waals surface area contributed by atoms with Gasteiger partial charge in [-0.2, -0.15) is 0 Å². The molecule has 0 aliphatic carbocycles. The standard InChI is InChI=1S/C17H17NO3/c19-11-13-7-5-12(6-8-13)10-18-15-4-2-1-3-14(15)9-16(18)17(20)21/h1-8,16,19H,9-11H2,(H,20,21). The summed E-state index contributed by atoms with van der Waals surface area (Å²) in [6.45, 7) is 0.574. The number of para-hydroxylation sites is 1. The van der Waals surface area contributed by atoms with Crippen molar-refractivity contribution in [2.24, 2.45) is 0 Å². The van der Waals surface area contributed by atoms with Crippen molar-refractivity contribution in [3.63, 3.8) is 0 Å². The second kappa shape index (κ2) is 5.58. The van der Waals surface area contributed by atoms with Gasteiger partial charge in [0.1, 0.15) is 6.04 Å². The Labute approximate surface area is 123 Å². The Bertz CT molecular complexity index is 651. The SMILES string of the molecule is O=C(O)C1Cc2ccccc2N1Cc1ccc(CO)cc1. The van der Waals surface area contributed by atoms with E-state index in [1.54, 1.807) is 0 Å². The van der Waals surface area contributed by atoms with Gasteiger partial charge in [-0.25, -0.2) is 4.79 Å². The molecule has 108 valence electrons. The highest BCUT2D eigenvalue weighted by atomic mass is 16.4. The Hall–Kier alpha value is -2.33. The van der Waals surface area contributed by atoms with Gasteiger partial charge in [-0.3, -0.25) is 0 Å². The van der Waals surface area contributed by atoms with Crippen LogP contribution >= 0.6 is 0 Å². The molecule has 4 heteroatoms. The summed E-state index contributed by atoms with van der Waals surface area (Å²) in [6.07, 6.45) is 0.542. The van der Waals surface area contributed by atoms with E-state index in [0.717, 1.165) is 22.4 Å². The summed E-state index contributed by atoms with van der Waals surface area (Å²) in [6, 6.07) is 14.9. The summed E-state index contributed by atoms with van der Waals surface area (Å²) in [7, 11) is 0. The fraction of sp³-hybridized carbons (Fsp3) is 0.235. The molecular weight excluding hydrogens is 266 g/mol. The van der Waals surface area contributed by atoms with Crippen LogP contribution in [-0.4, -0.2) is 22.2 Å². The smallest absolute Gasteiger partial charge is 0.326 e. The minimum absolute atomic E-state index is 0.0184. The predicted octanol–water partition coefficient (Wildman–Crippen LogP) is 2.19. The number of carbonyl (C=O) groups is 1. The Balaban J connectivity index is 1.88. The molecule has 2 aromatic rings. The molecule has 0 radical (unpaired) electrons. The average molecular weight is 283 g/mol. The van der Waals surface area contributed by atoms with Gasteiger partial charge >= 0.3 is 5.97 Å². The first-order chi connectivity index (χ1) is 10.2. The van der Waals surface area contributed by atoms with E-state index in [0.29, 0.717) is 13.0 Å². The average Bonchev–Trinajstić information content (AvgIpc) is 2.87. The Morgan fingerprint density at radius 2 is 1.76 bits per heavy atom. The number of aliphatic hydroxyl groups excluding tert-OH is 1. The first kappa shape index (κ1) is 13.6. The maximum Gasteiger partial charge on any atom is 0.326 e. The minimum atomic E-state index is -0.793. The van der Waals surface area contributed by atoms with E-state index in [9.17, 15) is 9.90 Å². The van der Waals surface area contributed by atoms with Crippen LogP contribution in [0.15, 0.2) is 48.5 Å². The number of benzene rings is 2. The number of aliphatic carboxylic acids is 1. The summed E-state index contributed by atoms with van der Waals surface area (Å²) in [5, 5.41) is 18.5. The molecule has 1 heterocycles. The zero-order chi connectivity index (χ0) is 14.8. The number of hydrogen-bond donors (Lipinski definition) is 2. The normalized spacial score (nSPS) is 16.8. The Morgan fingerprint density at radius 3 is 2.43 bits per heavy atom. The van der Waals surface area contributed by atoms with E-state index in [1.807, 2.05) is 53.4 Å². The minimum Gasteiger partial charge on any atom is -0.480 e. The second-order valence-electron chi connectivity index (χ2n) is 5.29. The quantitative estimate of drug-likeness (QED) is 0.903. The number of nitrogens with zero attached hydrogens (tertiary/aromatic N) is 1. The van der Waals surface area contributed by atoms with Gasteiger partial charge in [0.2, 0.25) is 0 Å². The fourth-order valence-electron chi connectivity index (χ4n) is 2.81. The van der Waals surface area contributed by atoms with E-state index in [4.69, 9.17) is 5.11 Å². The van der Waals surface area contributed by atoms with E-state index in [2.05, 4.69) is 0 Å². The van der Waals surface area contributed by atoms with Gasteiger partial charge in [0.15, 0.2) is 0 Å². The van der Waals surface area contributed by atoms with Gasteiger partial charge in [-0.15, -0.1) is 0 Å². The number of fused-ring (bicyclic) bond motifs is 1. The van der Waals surface area contributed by atoms with Crippen LogP contribution in [0.2, 0.25) is 0 Å². The van der Waals surface area contributed by atoms with Crippen LogP contribution in [0.4, 0.5) is 5.69 Å². The first-order valence-corrected chi connectivity index (χ1v) is 6.95. The van der Waals surface area contributed by atoms with Crippen LogP contribution in [0.5, 0.6) is 0 Å². The highest BCUT2D eigenvalue weighted by Crippen LogP contribution is 2.33. The third-order valence-corrected chi connectivity index (χ3v) is 3.93. The molecule has 1 atom stereocenters. The lowest BCUT2D eigenvalue weighted by Gasteiger charge is -2.25. The number of aliphatic hydroxyl groups is 1. The van der Waals surface area contributed by atoms with Crippen LogP contribution < -0.4 is 4.90 Å². The largest absolute Gasteiger partial charge is 0.480 e. The van der Waals surface area contributed by atoms with E-state index >= 15 is 0 Å². The van der Waals surface area contributed by atoms with E-state index in [1.165, 1.54) is 0 Å². The van der Waals surface area contributed by atoms with E-state index in [-0.39, 0.29) is 6.61 Å². The third-order valence-electron chi connectivity index (χ3n) is 3.93. The molecule has 0 fully saturated rings. The molecule has 2 N–H and O–H groups in total. The van der Waals surface area contributed by atoms with Crippen molar-refractivity contribution in [3.05, 3.63) is 65.2 Å². The van der Waals surface area contributed by atoms with Gasteiger partial charge in [0.25, 0.3) is 0 Å². The van der Waals surface area contributed by atoms with Crippen molar-refractivity contribution in [3.8, 4) is 0 Å². The first-order valence-electron chi connectivity index (χ1n) is 6.95. The van der Waals surface area contributed by atoms with Crippen molar-refractivity contribution in [1.82, 2.24) is 0 Å². The summed E-state index contributed by atoms with van der Waals surface area (Å²) in [5.74, 6) is -0.793. The summed E-state index contributed by atoms with van der Waals surface area (Å²) < 4.78 is 0. The van der Waals surface area contributed by atoms with Gasteiger partial charge in [-0.1, -0.05) is 42.5 Å². The molecule has 1 aliphatic rings. The molecular formula is C17H17NO3. The monoisotopic (exact) mass is 283 g/mol. The number of anilines is 1. The molecule has 21 heavy (non-hydrogen) atoms. The van der Waals surface area contributed by atoms with Gasteiger partial charge in [0.05, 0.1) is 6.61 Å². The van der Waals surface area contributed by atoms with Crippen molar-refractivity contribution in [1.29, 1.82) is 0 Å². The van der Waals surface area contributed by atoms with Gasteiger partial charge in [-0.05, 0) is 22.8 Å². The van der Waals surface area contributed by atoms with Crippen LogP contribution in [0.1, 0.15) is 16.7 Å². The van der Waals surface area contributed by atoms with Crippen LogP contribution in [-0.2, 0) is 24.4 Å². The summed E-state index contributed by atoms with van der Waals surface area (Å²) in [4.78, 5) is 13.4. The van der Waals surface area contributed by atoms with E-state index < -0.39 is 12.0 Å². The zero-order valence-electron chi connectivity index (χ0n) is 11.6. The second-order valence-corrected chi connectivity index (χ2v) is 5.29. The topological polar surface area (TPSA) is 60.8 Å². The number of hydrogen-bond acceptors (Lipinski definition) is 3. The van der Waals surface area contributed by atoms with Crippen molar-refractivity contribution >= 4 is 11.7 Å². The molecule has 0 bridgehead atoms. The molecule has 3 rings (SSSR count). The van der Waals surface area contributed by atoms with Crippen molar-refractivity contribution < 1.29 is 15.0 Å². The molecule has 0 amide bonds. The molecule has 0 spiro atoms. The summed E-state index contributed by atoms with van der Waals surface area (Å²) in [5.41, 5.74) is 3.97. The van der Waals surface area contributed by atoms with Crippen LogP contribution in [0, 0.1) is 0 Å². The van der Waals surface area contributed by atoms with Crippen molar-refractivity contribution in [2.45, 2.75) is 25.6 Å². The Kier molecular flexibility index (Phi) is 3.62. The third kappa shape index (κ3) is 2.62. The Morgan fingerprint density at radius 1 is 1.10 bits per heavy atom. The number of carboxylic acid groups (broad SMARTS) is 1. The van der Waals surface area contributed by atoms with Gasteiger partial charge < -0.3 is 15.1 Å². The predicted molar refractivity (Wildman–Crippen MR) is 80.1 cm³/mol. The highest BCUT2D eigenvalue weighted by Gasteiger charge is 2.33. The van der Waals surface area contributed by atoms with Gasteiger partial charge in [0, 0.05) is 18.7 Å². The maximum atomic E-state index is 11.5. The zero-order valence-corrected chi connectivity index (χ0v) is 11.6. The molecule has 1 unspecified atom stereocenters. The molecule has 0 saturated heterocycles. The number of carboxylic acids is 1. The lowest BCUT2D eigenvalue weighted by molar-refractivity contribution is -0.138. The maximum absolute atomic E-state index is 11.5. The number of rotatable bonds is 4. The van der Waals surface area contributed by atoms with Crippen LogP contribution in [0.25, 0.3) is 0 Å². The lowest BCUT2D eigenvalue weighted by atomic mass is 10.1. The lowest BCUT2D eigenvalue weighted by Crippen LogP contribution is -2.38. The summed E-state index contributed by atoms with van der Waals surface area (Å²) >= 11 is 0. The molecule has 0 saturated carbocycles. The molecule has 1 aliphatic heterocycles. The van der Waals surface area contributed by atoms with Crippen LogP contribution in [0.3, 0.4) is 0 Å². The molecule has 0 aromatic heterocycles.